The first-order chi connectivity index (χ1) is 10.6. The van der Waals surface area contributed by atoms with Crippen molar-refractivity contribution in [3.8, 4) is 5.75 Å². The largest absolute Gasteiger partial charge is 0.491 e. The molecule has 1 heterocycles. The summed E-state index contributed by atoms with van der Waals surface area (Å²) in [5.41, 5.74) is 8.61. The number of amides is 1. The molecule has 0 saturated heterocycles. The second-order valence-corrected chi connectivity index (χ2v) is 5.16. The molecule has 5 nitrogen and oxygen atoms in total. The number of halogens is 1. The van der Waals surface area contributed by atoms with E-state index in [1.165, 1.54) is 0 Å². The van der Waals surface area contributed by atoms with E-state index < -0.39 is 0 Å². The number of nitrogens with zero attached hydrogens (tertiary/aromatic N) is 1. The Morgan fingerprint density at radius 1 is 1.30 bits per heavy atom. The van der Waals surface area contributed by atoms with Crippen molar-refractivity contribution < 1.29 is 9.53 Å². The van der Waals surface area contributed by atoms with Crippen LogP contribution in [-0.4, -0.2) is 17.5 Å². The molecule has 1 amide bonds. The SMILES string of the molecule is CCCOc1cc(C)ccc1NC(=O)Cc1ccc(N)cn1.Cl. The first kappa shape index (κ1) is 18.8. The van der Waals surface area contributed by atoms with E-state index in [4.69, 9.17) is 10.5 Å². The van der Waals surface area contributed by atoms with Crippen LogP contribution in [0.3, 0.4) is 0 Å². The van der Waals surface area contributed by atoms with Gasteiger partial charge in [-0.25, -0.2) is 0 Å². The molecular formula is C17H22ClN3O2. The highest BCUT2D eigenvalue weighted by molar-refractivity contribution is 5.93. The second-order valence-electron chi connectivity index (χ2n) is 5.16. The summed E-state index contributed by atoms with van der Waals surface area (Å²) in [6, 6.07) is 9.20. The molecule has 0 atom stereocenters. The number of carbonyl (C=O) groups is 1. The average molecular weight is 336 g/mol. The molecule has 2 aromatic rings. The molecular weight excluding hydrogens is 314 g/mol. The van der Waals surface area contributed by atoms with Gasteiger partial charge in [-0.2, -0.15) is 0 Å². The number of rotatable bonds is 6. The maximum atomic E-state index is 12.1. The first-order valence-corrected chi connectivity index (χ1v) is 7.32. The van der Waals surface area contributed by atoms with Crippen LogP contribution in [-0.2, 0) is 11.2 Å². The molecule has 0 aliphatic heterocycles. The van der Waals surface area contributed by atoms with Crippen molar-refractivity contribution in [3.05, 3.63) is 47.8 Å². The normalized spacial score (nSPS) is 9.83. The predicted octanol–water partition coefficient (Wildman–Crippen LogP) is 3.36. The zero-order chi connectivity index (χ0) is 15.9. The topological polar surface area (TPSA) is 77.2 Å². The summed E-state index contributed by atoms with van der Waals surface area (Å²) in [6.45, 7) is 4.65. The molecule has 0 bridgehead atoms. The number of aromatic nitrogens is 1. The van der Waals surface area contributed by atoms with Gasteiger partial charge in [0.1, 0.15) is 5.75 Å². The molecule has 0 radical (unpaired) electrons. The van der Waals surface area contributed by atoms with E-state index in [2.05, 4.69) is 10.3 Å². The van der Waals surface area contributed by atoms with Gasteiger partial charge in [-0.3, -0.25) is 9.78 Å². The van der Waals surface area contributed by atoms with E-state index in [1.807, 2.05) is 32.0 Å². The van der Waals surface area contributed by atoms with Crippen LogP contribution in [0.1, 0.15) is 24.6 Å². The summed E-state index contributed by atoms with van der Waals surface area (Å²) in [7, 11) is 0. The van der Waals surface area contributed by atoms with E-state index >= 15 is 0 Å². The van der Waals surface area contributed by atoms with Crippen molar-refractivity contribution in [2.24, 2.45) is 0 Å². The predicted molar refractivity (Wildman–Crippen MR) is 95.2 cm³/mol. The van der Waals surface area contributed by atoms with Gasteiger partial charge in [-0.05, 0) is 43.2 Å². The van der Waals surface area contributed by atoms with Crippen molar-refractivity contribution in [2.75, 3.05) is 17.7 Å². The Kier molecular flexibility index (Phi) is 7.35. The summed E-state index contributed by atoms with van der Waals surface area (Å²) >= 11 is 0. The Morgan fingerprint density at radius 3 is 2.74 bits per heavy atom. The molecule has 3 N–H and O–H groups in total. The summed E-state index contributed by atoms with van der Waals surface area (Å²) < 4.78 is 5.69. The van der Waals surface area contributed by atoms with Crippen molar-refractivity contribution in [1.29, 1.82) is 0 Å². The van der Waals surface area contributed by atoms with Crippen molar-refractivity contribution in [2.45, 2.75) is 26.7 Å². The van der Waals surface area contributed by atoms with E-state index in [0.29, 0.717) is 29.4 Å². The Bertz CT molecular complexity index is 645. The van der Waals surface area contributed by atoms with Crippen LogP contribution in [0.2, 0.25) is 0 Å². The summed E-state index contributed by atoms with van der Waals surface area (Å²) in [5, 5.41) is 2.87. The van der Waals surface area contributed by atoms with Gasteiger partial charge in [0.15, 0.2) is 0 Å². The van der Waals surface area contributed by atoms with Gasteiger partial charge in [-0.15, -0.1) is 12.4 Å². The van der Waals surface area contributed by atoms with Crippen molar-refractivity contribution in [3.63, 3.8) is 0 Å². The number of ether oxygens (including phenoxy) is 1. The molecule has 0 spiro atoms. The van der Waals surface area contributed by atoms with E-state index in [0.717, 1.165) is 12.0 Å². The smallest absolute Gasteiger partial charge is 0.230 e. The minimum Gasteiger partial charge on any atom is -0.491 e. The lowest BCUT2D eigenvalue weighted by Crippen LogP contribution is -2.16. The Hall–Kier alpha value is -2.27. The molecule has 2 rings (SSSR count). The zero-order valence-electron chi connectivity index (χ0n) is 13.3. The van der Waals surface area contributed by atoms with Gasteiger partial charge in [0.25, 0.3) is 0 Å². The van der Waals surface area contributed by atoms with Crippen LogP contribution in [0.4, 0.5) is 11.4 Å². The lowest BCUT2D eigenvalue weighted by molar-refractivity contribution is -0.115. The molecule has 6 heteroatoms. The molecule has 0 unspecified atom stereocenters. The van der Waals surface area contributed by atoms with Crippen molar-refractivity contribution >= 4 is 29.7 Å². The maximum absolute atomic E-state index is 12.1. The van der Waals surface area contributed by atoms with Gasteiger partial charge >= 0.3 is 0 Å². The number of nitrogen functional groups attached to an aromatic ring is 1. The van der Waals surface area contributed by atoms with Crippen molar-refractivity contribution in [1.82, 2.24) is 4.98 Å². The average Bonchev–Trinajstić information content (AvgIpc) is 2.50. The molecule has 1 aromatic carbocycles. The Morgan fingerprint density at radius 2 is 2.09 bits per heavy atom. The number of nitrogens with two attached hydrogens (primary N) is 1. The number of benzene rings is 1. The fraction of sp³-hybridized carbons (Fsp3) is 0.294. The van der Waals surface area contributed by atoms with Crippen LogP contribution < -0.4 is 15.8 Å². The van der Waals surface area contributed by atoms with Gasteiger partial charge < -0.3 is 15.8 Å². The number of hydrogen-bond acceptors (Lipinski definition) is 4. The zero-order valence-corrected chi connectivity index (χ0v) is 14.2. The Balaban J connectivity index is 0.00000264. The summed E-state index contributed by atoms with van der Waals surface area (Å²) in [4.78, 5) is 16.3. The molecule has 0 saturated carbocycles. The van der Waals surface area contributed by atoms with Gasteiger partial charge in [-0.1, -0.05) is 13.0 Å². The third-order valence-electron chi connectivity index (χ3n) is 3.06. The molecule has 0 aliphatic rings. The van der Waals surface area contributed by atoms with Crippen LogP contribution in [0.5, 0.6) is 5.75 Å². The summed E-state index contributed by atoms with van der Waals surface area (Å²) in [5.74, 6) is 0.558. The molecule has 0 aliphatic carbocycles. The third-order valence-corrected chi connectivity index (χ3v) is 3.06. The lowest BCUT2D eigenvalue weighted by atomic mass is 10.2. The quantitative estimate of drug-likeness (QED) is 0.848. The van der Waals surface area contributed by atoms with Gasteiger partial charge in [0.05, 0.1) is 30.6 Å². The molecule has 0 fully saturated rings. The van der Waals surface area contributed by atoms with Gasteiger partial charge in [0.2, 0.25) is 5.91 Å². The molecule has 124 valence electrons. The van der Waals surface area contributed by atoms with Crippen LogP contribution in [0.15, 0.2) is 36.5 Å². The number of carbonyl (C=O) groups excluding carboxylic acids is 1. The number of aryl methyl sites for hydroxylation is 1. The number of nitrogens with one attached hydrogen (secondary N) is 1. The van der Waals surface area contributed by atoms with E-state index in [9.17, 15) is 4.79 Å². The highest BCUT2D eigenvalue weighted by Crippen LogP contribution is 2.26. The molecule has 23 heavy (non-hydrogen) atoms. The van der Waals surface area contributed by atoms with E-state index in [1.54, 1.807) is 18.3 Å². The van der Waals surface area contributed by atoms with Crippen LogP contribution >= 0.6 is 12.4 Å². The Labute approximate surface area is 142 Å². The highest BCUT2D eigenvalue weighted by atomic mass is 35.5. The standard InChI is InChI=1S/C17H21N3O2.ClH/c1-3-8-22-16-9-12(2)4-7-15(16)20-17(21)10-14-6-5-13(18)11-19-14;/h4-7,9,11H,3,8,10,18H2,1-2H3,(H,20,21);1H. The second kappa shape index (κ2) is 9.00. The van der Waals surface area contributed by atoms with Crippen LogP contribution in [0, 0.1) is 6.92 Å². The van der Waals surface area contributed by atoms with E-state index in [-0.39, 0.29) is 24.7 Å². The minimum absolute atomic E-state index is 0. The summed E-state index contributed by atoms with van der Waals surface area (Å²) in [6.07, 6.45) is 2.66. The number of pyridine rings is 1. The highest BCUT2D eigenvalue weighted by Gasteiger charge is 2.10. The number of hydrogen-bond donors (Lipinski definition) is 2. The number of anilines is 2. The third kappa shape index (κ3) is 5.79. The fourth-order valence-electron chi connectivity index (χ4n) is 1.96. The monoisotopic (exact) mass is 335 g/mol. The first-order valence-electron chi connectivity index (χ1n) is 7.32. The van der Waals surface area contributed by atoms with Crippen LogP contribution in [0.25, 0.3) is 0 Å². The lowest BCUT2D eigenvalue weighted by Gasteiger charge is -2.13. The molecule has 1 aromatic heterocycles. The fourth-order valence-corrected chi connectivity index (χ4v) is 1.96. The maximum Gasteiger partial charge on any atom is 0.230 e. The minimum atomic E-state index is -0.137. The van der Waals surface area contributed by atoms with Gasteiger partial charge in [0, 0.05) is 5.69 Å².